The molecule has 3 atom stereocenters. The van der Waals surface area contributed by atoms with Crippen molar-refractivity contribution in [3.8, 4) is 0 Å². The lowest BCUT2D eigenvalue weighted by Crippen LogP contribution is -2.56. The number of carbonyl (C=O) groups is 5. The van der Waals surface area contributed by atoms with Crippen LogP contribution in [-0.4, -0.2) is 95.2 Å². The maximum Gasteiger partial charge on any atom is 0.306 e. The second-order valence-corrected chi connectivity index (χ2v) is 15.0. The molecule has 1 saturated carbocycles. The van der Waals surface area contributed by atoms with Crippen LogP contribution in [0.2, 0.25) is 0 Å². The molecule has 0 unspecified atom stereocenters. The highest BCUT2D eigenvalue weighted by atomic mass is 16.6. The molecule has 2 fully saturated rings. The Kier molecular flexibility index (Phi) is 22.9. The van der Waals surface area contributed by atoms with Crippen LogP contribution in [0.5, 0.6) is 0 Å². The summed E-state index contributed by atoms with van der Waals surface area (Å²) in [5.74, 6) is -1.25. The van der Waals surface area contributed by atoms with Crippen LogP contribution in [0.4, 0.5) is 0 Å². The quantitative estimate of drug-likeness (QED) is 0.0769. The van der Waals surface area contributed by atoms with Crippen molar-refractivity contribution in [3.63, 3.8) is 0 Å². The number of unbranched alkanes of at least 4 members (excludes halogenated alkanes) is 3. The summed E-state index contributed by atoms with van der Waals surface area (Å²) in [4.78, 5) is 64.4. The van der Waals surface area contributed by atoms with Gasteiger partial charge in [-0.1, -0.05) is 80.6 Å². The van der Waals surface area contributed by atoms with Crippen LogP contribution >= 0.6 is 0 Å². The van der Waals surface area contributed by atoms with Gasteiger partial charge in [0.25, 0.3) is 0 Å². The van der Waals surface area contributed by atoms with E-state index in [1.807, 2.05) is 48.5 Å². The first-order valence-electron chi connectivity index (χ1n) is 19.6. The molecule has 50 heavy (non-hydrogen) atoms. The van der Waals surface area contributed by atoms with E-state index in [4.69, 9.17) is 19.3 Å². The number of aliphatic carboxylic acids is 1. The molecule has 0 radical (unpaired) electrons. The fourth-order valence-corrected chi connectivity index (χ4v) is 6.52. The van der Waals surface area contributed by atoms with E-state index in [1.54, 1.807) is 0 Å². The van der Waals surface area contributed by atoms with E-state index in [2.05, 4.69) is 9.80 Å². The normalized spacial score (nSPS) is 19.9. The minimum atomic E-state index is -0.711. The largest absolute Gasteiger partial charge is 0.481 e. The number of hydrogen-bond acceptors (Lipinski definition) is 9. The number of piperidine rings is 1. The van der Waals surface area contributed by atoms with Crippen molar-refractivity contribution in [2.75, 3.05) is 26.2 Å². The van der Waals surface area contributed by atoms with E-state index in [0.717, 1.165) is 64.5 Å². The molecule has 2 rings (SSSR count). The van der Waals surface area contributed by atoms with Crippen molar-refractivity contribution in [2.24, 2.45) is 5.41 Å². The molecule has 11 nitrogen and oxygen atoms in total. The number of amides is 1. The first-order valence-corrected chi connectivity index (χ1v) is 19.6. The van der Waals surface area contributed by atoms with E-state index in [1.165, 1.54) is 19.3 Å². The van der Waals surface area contributed by atoms with Gasteiger partial charge in [0.05, 0.1) is 0 Å². The fourth-order valence-electron chi connectivity index (χ4n) is 6.52. The number of esters is 3. The van der Waals surface area contributed by atoms with Crippen molar-refractivity contribution < 1.29 is 43.3 Å². The summed E-state index contributed by atoms with van der Waals surface area (Å²) in [6.07, 6.45) is 13.3. The lowest BCUT2D eigenvalue weighted by molar-refractivity contribution is -0.179. The zero-order valence-electron chi connectivity index (χ0n) is 32.5. The first kappa shape index (κ1) is 45.3. The van der Waals surface area contributed by atoms with Gasteiger partial charge in [0.15, 0.2) is 6.10 Å². The summed E-state index contributed by atoms with van der Waals surface area (Å²) < 4.78 is 17.3. The molecule has 1 aliphatic heterocycles. The SMILES string of the molecule is CCCC(=O)O.CCCC(=O)OC[C@@H]1C[C@H](OC(=O)CCC)[C@@H](OC(=O)CCC)CN1CCCCCCN(C(=O)C(C)(C)C)C1CCCCC1. The van der Waals surface area contributed by atoms with Crippen LogP contribution in [0.1, 0.15) is 164 Å². The number of nitrogens with zero attached hydrogens (tertiary/aromatic N) is 2. The Morgan fingerprint density at radius 2 is 1.26 bits per heavy atom. The molecule has 1 N–H and O–H groups in total. The Morgan fingerprint density at radius 1 is 0.720 bits per heavy atom. The number of hydrogen-bond donors (Lipinski definition) is 1. The number of likely N-dealkylation sites (tertiary alicyclic amines) is 1. The fraction of sp³-hybridized carbons (Fsp3) is 0.872. The van der Waals surface area contributed by atoms with Gasteiger partial charge in [-0.25, -0.2) is 0 Å². The van der Waals surface area contributed by atoms with Crippen molar-refractivity contribution in [3.05, 3.63) is 0 Å². The maximum atomic E-state index is 13.3. The van der Waals surface area contributed by atoms with Crippen molar-refractivity contribution >= 4 is 29.8 Å². The highest BCUT2D eigenvalue weighted by Gasteiger charge is 2.40. The summed E-state index contributed by atoms with van der Waals surface area (Å²) >= 11 is 0. The molecule has 0 aromatic carbocycles. The van der Waals surface area contributed by atoms with Crippen LogP contribution in [-0.2, 0) is 38.2 Å². The molecule has 11 heteroatoms. The summed E-state index contributed by atoms with van der Waals surface area (Å²) in [6, 6.07) is 0.245. The van der Waals surface area contributed by atoms with Crippen molar-refractivity contribution in [2.45, 2.75) is 188 Å². The van der Waals surface area contributed by atoms with Crippen LogP contribution in [0.25, 0.3) is 0 Å². The number of ether oxygens (including phenoxy) is 3. The second-order valence-electron chi connectivity index (χ2n) is 15.0. The Bertz CT molecular complexity index is 1010. The minimum Gasteiger partial charge on any atom is -0.481 e. The zero-order chi connectivity index (χ0) is 37.5. The van der Waals surface area contributed by atoms with Crippen LogP contribution in [0.3, 0.4) is 0 Å². The number of carboxylic acid groups (broad SMARTS) is 1. The molecule has 1 amide bonds. The molecule has 0 aromatic rings. The monoisotopic (exact) mass is 711 g/mol. The third kappa shape index (κ3) is 18.5. The second kappa shape index (κ2) is 25.3. The Hall–Kier alpha value is -2.69. The molecule has 1 heterocycles. The number of carboxylic acids is 1. The minimum absolute atomic E-state index is 0.123. The molecule has 1 saturated heterocycles. The highest BCUT2D eigenvalue weighted by Crippen LogP contribution is 2.28. The highest BCUT2D eigenvalue weighted by molar-refractivity contribution is 5.81. The summed E-state index contributed by atoms with van der Waals surface area (Å²) in [5, 5.41) is 7.91. The van der Waals surface area contributed by atoms with E-state index in [-0.39, 0.29) is 41.9 Å². The average molecular weight is 711 g/mol. The molecular formula is C39H70N2O9. The number of carbonyl (C=O) groups excluding carboxylic acids is 4. The van der Waals surface area contributed by atoms with Gasteiger partial charge in [-0.05, 0) is 57.9 Å². The smallest absolute Gasteiger partial charge is 0.306 e. The van der Waals surface area contributed by atoms with E-state index >= 15 is 0 Å². The number of rotatable bonds is 20. The van der Waals surface area contributed by atoms with Crippen molar-refractivity contribution in [1.82, 2.24) is 9.80 Å². The van der Waals surface area contributed by atoms with Gasteiger partial charge in [0.1, 0.15) is 12.7 Å². The van der Waals surface area contributed by atoms with Crippen molar-refractivity contribution in [1.29, 1.82) is 0 Å². The van der Waals surface area contributed by atoms with Gasteiger partial charge >= 0.3 is 23.9 Å². The molecular weight excluding hydrogens is 640 g/mol. The Morgan fingerprint density at radius 3 is 1.78 bits per heavy atom. The Labute approximate surface area is 302 Å². The first-order chi connectivity index (χ1) is 23.8. The zero-order valence-corrected chi connectivity index (χ0v) is 32.5. The average Bonchev–Trinajstić information content (AvgIpc) is 3.05. The molecule has 1 aliphatic carbocycles. The van der Waals surface area contributed by atoms with Crippen LogP contribution in [0, 0.1) is 5.41 Å². The molecule has 0 spiro atoms. The lowest BCUT2D eigenvalue weighted by atomic mass is 9.89. The lowest BCUT2D eigenvalue weighted by Gasteiger charge is -2.42. The maximum absolute atomic E-state index is 13.3. The standard InChI is InChI=1S/C35H62N2O7.C4H8O2/c1-7-17-31(38)42-26-28-24-29(43-32(39)18-8-2)30(44-33(40)19-9-3)25-36(28)22-15-10-11-16-23-37(34(41)35(4,5)6)27-20-13-12-14-21-27;1-2-3-4(5)6/h27-30H,7-26H2,1-6H3;2-3H2,1H3,(H,5,6)/t28-,29-,30-;/m0./s1. The third-order valence-corrected chi connectivity index (χ3v) is 9.19. The van der Waals surface area contributed by atoms with Gasteiger partial charge in [0.2, 0.25) is 5.91 Å². The topological polar surface area (TPSA) is 140 Å². The van der Waals surface area contributed by atoms with Gasteiger partial charge in [0, 0.05) is 62.7 Å². The predicted molar refractivity (Wildman–Crippen MR) is 194 cm³/mol. The summed E-state index contributed by atoms with van der Waals surface area (Å²) in [5.41, 5.74) is -0.374. The van der Waals surface area contributed by atoms with Gasteiger partial charge in [-0.3, -0.25) is 28.9 Å². The van der Waals surface area contributed by atoms with Crippen LogP contribution in [0.15, 0.2) is 0 Å². The summed E-state index contributed by atoms with van der Waals surface area (Å²) in [7, 11) is 0. The molecule has 0 aromatic heterocycles. The summed E-state index contributed by atoms with van der Waals surface area (Å²) in [6.45, 7) is 15.9. The molecule has 290 valence electrons. The van der Waals surface area contributed by atoms with Gasteiger partial charge in [-0.2, -0.15) is 0 Å². The van der Waals surface area contributed by atoms with E-state index < -0.39 is 18.2 Å². The molecule has 2 aliphatic rings. The van der Waals surface area contributed by atoms with E-state index in [0.29, 0.717) is 57.5 Å². The van der Waals surface area contributed by atoms with Gasteiger partial charge in [-0.15, -0.1) is 0 Å². The molecule has 0 bridgehead atoms. The third-order valence-electron chi connectivity index (χ3n) is 9.19. The van der Waals surface area contributed by atoms with E-state index in [9.17, 15) is 24.0 Å². The predicted octanol–water partition coefficient (Wildman–Crippen LogP) is 7.47. The van der Waals surface area contributed by atoms with Crippen LogP contribution < -0.4 is 0 Å². The van der Waals surface area contributed by atoms with Gasteiger partial charge < -0.3 is 24.2 Å². The Balaban J connectivity index is 0.00000190.